The van der Waals surface area contributed by atoms with Gasteiger partial charge in [0.25, 0.3) is 0 Å². The molecule has 4 aromatic rings. The number of hydrogen-bond acceptors (Lipinski definition) is 5. The molecule has 0 radical (unpaired) electrons. The van der Waals surface area contributed by atoms with Crippen molar-refractivity contribution in [2.45, 2.75) is 0 Å². The van der Waals surface area contributed by atoms with E-state index in [1.807, 2.05) is 35.0 Å². The van der Waals surface area contributed by atoms with Crippen molar-refractivity contribution in [3.8, 4) is 16.8 Å². The van der Waals surface area contributed by atoms with Crippen LogP contribution in [0.5, 0.6) is 0 Å². The molecule has 1 N–H and O–H groups in total. The normalized spacial score (nSPS) is 11.6. The first-order chi connectivity index (χ1) is 12.9. The second kappa shape index (κ2) is 6.64. The van der Waals surface area contributed by atoms with E-state index in [2.05, 4.69) is 19.7 Å². The molecule has 136 valence electrons. The average Bonchev–Trinajstić information content (AvgIpc) is 3.06. The number of aromatic nitrogens is 4. The van der Waals surface area contributed by atoms with Crippen LogP contribution in [0.3, 0.4) is 0 Å². The van der Waals surface area contributed by atoms with E-state index in [4.69, 9.17) is 11.6 Å². The van der Waals surface area contributed by atoms with Crippen molar-refractivity contribution in [1.29, 1.82) is 0 Å². The van der Waals surface area contributed by atoms with Crippen LogP contribution < -0.4 is 4.72 Å². The predicted octanol–water partition coefficient (Wildman–Crippen LogP) is 3.51. The first kappa shape index (κ1) is 17.4. The van der Waals surface area contributed by atoms with Crippen molar-refractivity contribution in [2.24, 2.45) is 0 Å². The van der Waals surface area contributed by atoms with Crippen LogP contribution in [0.15, 0.2) is 61.3 Å². The van der Waals surface area contributed by atoms with Crippen molar-refractivity contribution >= 4 is 38.3 Å². The lowest BCUT2D eigenvalue weighted by Gasteiger charge is -2.09. The summed E-state index contributed by atoms with van der Waals surface area (Å²) in [4.78, 5) is 12.8. The van der Waals surface area contributed by atoms with Gasteiger partial charge in [-0.3, -0.25) is 14.3 Å². The Hall–Kier alpha value is -2.97. The van der Waals surface area contributed by atoms with E-state index in [-0.39, 0.29) is 10.8 Å². The summed E-state index contributed by atoms with van der Waals surface area (Å²) >= 11 is 5.99. The Labute approximate surface area is 160 Å². The highest BCUT2D eigenvalue weighted by molar-refractivity contribution is 7.92. The Morgan fingerprint density at radius 2 is 1.85 bits per heavy atom. The van der Waals surface area contributed by atoms with Crippen LogP contribution in [0, 0.1) is 0 Å². The van der Waals surface area contributed by atoms with Gasteiger partial charge in [0.05, 0.1) is 23.8 Å². The molecular weight excluding hydrogens is 386 g/mol. The van der Waals surface area contributed by atoms with Crippen molar-refractivity contribution in [3.63, 3.8) is 0 Å². The third kappa shape index (κ3) is 3.62. The number of hydrogen-bond donors (Lipinski definition) is 1. The molecule has 0 aliphatic rings. The quantitative estimate of drug-likeness (QED) is 0.530. The first-order valence-corrected chi connectivity index (χ1v) is 10.2. The fraction of sp³-hybridized carbons (Fsp3) is 0.0556. The Kier molecular flexibility index (Phi) is 4.29. The van der Waals surface area contributed by atoms with E-state index in [0.717, 1.165) is 28.5 Å². The van der Waals surface area contributed by atoms with E-state index in [1.165, 1.54) is 0 Å². The summed E-state index contributed by atoms with van der Waals surface area (Å²) in [7, 11) is -3.46. The highest BCUT2D eigenvalue weighted by atomic mass is 35.5. The number of fused-ring (bicyclic) bond motifs is 1. The fourth-order valence-corrected chi connectivity index (χ4v) is 3.53. The molecule has 4 heterocycles. The molecule has 0 aliphatic heterocycles. The molecule has 0 bridgehead atoms. The van der Waals surface area contributed by atoms with Crippen LogP contribution >= 0.6 is 11.6 Å². The number of sulfonamides is 1. The zero-order valence-electron chi connectivity index (χ0n) is 14.2. The van der Waals surface area contributed by atoms with Gasteiger partial charge in [0.1, 0.15) is 5.65 Å². The average molecular weight is 400 g/mol. The van der Waals surface area contributed by atoms with Gasteiger partial charge in [-0.05, 0) is 30.3 Å². The molecule has 7 nitrogen and oxygen atoms in total. The number of pyridine rings is 3. The van der Waals surface area contributed by atoms with Crippen molar-refractivity contribution in [2.75, 3.05) is 11.0 Å². The maximum atomic E-state index is 11.5. The van der Waals surface area contributed by atoms with E-state index in [9.17, 15) is 8.42 Å². The number of nitrogens with zero attached hydrogens (tertiary/aromatic N) is 4. The van der Waals surface area contributed by atoms with Gasteiger partial charge >= 0.3 is 0 Å². The number of anilines is 1. The summed E-state index contributed by atoms with van der Waals surface area (Å²) in [5.41, 5.74) is 3.44. The van der Waals surface area contributed by atoms with Gasteiger partial charge in [0.15, 0.2) is 5.15 Å². The van der Waals surface area contributed by atoms with Gasteiger partial charge in [0, 0.05) is 41.3 Å². The molecule has 4 rings (SSSR count). The Balaban J connectivity index is 1.76. The molecule has 0 atom stereocenters. The molecule has 9 heteroatoms. The minimum absolute atomic E-state index is 0.0842. The summed E-state index contributed by atoms with van der Waals surface area (Å²) in [6.07, 6.45) is 9.76. The third-order valence-electron chi connectivity index (χ3n) is 3.92. The summed E-state index contributed by atoms with van der Waals surface area (Å²) in [6.45, 7) is 0. The molecule has 0 amide bonds. The van der Waals surface area contributed by atoms with Crippen molar-refractivity contribution in [3.05, 3.63) is 66.5 Å². The molecule has 27 heavy (non-hydrogen) atoms. The summed E-state index contributed by atoms with van der Waals surface area (Å²) in [5, 5.41) is 1.02. The second-order valence-corrected chi connectivity index (χ2v) is 8.08. The van der Waals surface area contributed by atoms with E-state index >= 15 is 0 Å². The van der Waals surface area contributed by atoms with Crippen LogP contribution in [0.2, 0.25) is 5.15 Å². The van der Waals surface area contributed by atoms with Crippen LogP contribution in [-0.4, -0.2) is 34.2 Å². The first-order valence-electron chi connectivity index (χ1n) is 7.92. The lowest BCUT2D eigenvalue weighted by atomic mass is 10.1. The predicted molar refractivity (Wildman–Crippen MR) is 106 cm³/mol. The molecule has 0 spiro atoms. The Bertz CT molecular complexity index is 1240. The van der Waals surface area contributed by atoms with E-state index in [1.54, 1.807) is 30.9 Å². The summed E-state index contributed by atoms with van der Waals surface area (Å²) < 4.78 is 27.3. The van der Waals surface area contributed by atoms with Crippen molar-refractivity contribution < 1.29 is 8.42 Å². The highest BCUT2D eigenvalue weighted by Crippen LogP contribution is 2.29. The maximum Gasteiger partial charge on any atom is 0.229 e. The van der Waals surface area contributed by atoms with Crippen LogP contribution in [-0.2, 0) is 10.0 Å². The van der Waals surface area contributed by atoms with Crippen LogP contribution in [0.25, 0.3) is 27.8 Å². The Morgan fingerprint density at radius 1 is 1.07 bits per heavy atom. The van der Waals surface area contributed by atoms with Crippen molar-refractivity contribution in [1.82, 2.24) is 19.5 Å². The lowest BCUT2D eigenvalue weighted by Crippen LogP contribution is -2.10. The van der Waals surface area contributed by atoms with Gasteiger partial charge in [0.2, 0.25) is 10.0 Å². The van der Waals surface area contributed by atoms with Gasteiger partial charge in [-0.25, -0.2) is 18.4 Å². The van der Waals surface area contributed by atoms with E-state index < -0.39 is 10.0 Å². The minimum Gasteiger partial charge on any atom is -0.300 e. The maximum absolute atomic E-state index is 11.5. The zero-order valence-corrected chi connectivity index (χ0v) is 15.7. The zero-order chi connectivity index (χ0) is 19.0. The number of rotatable bonds is 4. The standard InChI is InChI=1S/C18H14ClN5O2S/c1-27(25,26)23-16-8-14(9-21-17(16)19)13-7-12-4-6-24(18(12)22-10-13)15-3-2-5-20-11-15/h2-11,23H,1H3. The van der Waals surface area contributed by atoms with Gasteiger partial charge < -0.3 is 0 Å². The van der Waals surface area contributed by atoms with Gasteiger partial charge in [-0.15, -0.1) is 0 Å². The highest BCUT2D eigenvalue weighted by Gasteiger charge is 2.11. The molecule has 0 fully saturated rings. The molecule has 0 saturated heterocycles. The monoisotopic (exact) mass is 399 g/mol. The largest absolute Gasteiger partial charge is 0.300 e. The van der Waals surface area contributed by atoms with Crippen LogP contribution in [0.4, 0.5) is 5.69 Å². The molecule has 0 aliphatic carbocycles. The summed E-state index contributed by atoms with van der Waals surface area (Å²) in [5.74, 6) is 0. The topological polar surface area (TPSA) is 89.8 Å². The lowest BCUT2D eigenvalue weighted by molar-refractivity contribution is 0.607. The summed E-state index contributed by atoms with van der Waals surface area (Å²) in [6, 6.07) is 9.37. The Morgan fingerprint density at radius 3 is 2.59 bits per heavy atom. The third-order valence-corrected chi connectivity index (χ3v) is 4.81. The smallest absolute Gasteiger partial charge is 0.229 e. The molecule has 0 unspecified atom stereocenters. The van der Waals surface area contributed by atoms with Gasteiger partial charge in [-0.2, -0.15) is 0 Å². The molecule has 0 saturated carbocycles. The molecule has 0 aromatic carbocycles. The second-order valence-electron chi connectivity index (χ2n) is 5.97. The molecule has 4 aromatic heterocycles. The molecular formula is C18H14ClN5O2S. The van der Waals surface area contributed by atoms with E-state index in [0.29, 0.717) is 5.56 Å². The number of nitrogens with one attached hydrogen (secondary N) is 1. The SMILES string of the molecule is CS(=O)(=O)Nc1cc(-c2cnc3c(ccn3-c3cccnc3)c2)cnc1Cl. The number of halogens is 1. The van der Waals surface area contributed by atoms with Crippen LogP contribution in [0.1, 0.15) is 0 Å². The fourth-order valence-electron chi connectivity index (χ4n) is 2.76. The minimum atomic E-state index is -3.46. The van der Waals surface area contributed by atoms with Gasteiger partial charge in [-0.1, -0.05) is 11.6 Å².